The molecule has 5 heteroatoms. The minimum atomic E-state index is -3.60. The highest BCUT2D eigenvalue weighted by molar-refractivity contribution is 7.92. The summed E-state index contributed by atoms with van der Waals surface area (Å²) < 4.78 is 24.4. The summed E-state index contributed by atoms with van der Waals surface area (Å²) in [4.78, 5) is 0.147. The maximum absolute atomic E-state index is 12.2. The number of hydrogen-bond acceptors (Lipinski definition) is 3. The van der Waals surface area contributed by atoms with Crippen molar-refractivity contribution in [3.8, 4) is 6.07 Å². The van der Waals surface area contributed by atoms with Gasteiger partial charge in [0.1, 0.15) is 0 Å². The largest absolute Gasteiger partial charge is 0.222 e. The van der Waals surface area contributed by atoms with Crippen molar-refractivity contribution in [1.82, 2.24) is 0 Å². The Balaban J connectivity index is 3.19. The van der Waals surface area contributed by atoms with Crippen LogP contribution in [0.15, 0.2) is 29.2 Å². The summed E-state index contributed by atoms with van der Waals surface area (Å²) in [5.74, 6) is -0.194. The zero-order valence-electron chi connectivity index (χ0n) is 9.72. The Morgan fingerprint density at radius 2 is 1.88 bits per heavy atom. The molecule has 0 bridgehead atoms. The molecule has 0 heterocycles. The summed E-state index contributed by atoms with van der Waals surface area (Å²) in [7, 11) is -3.60. The lowest BCUT2D eigenvalue weighted by Gasteiger charge is -2.16. The predicted molar refractivity (Wildman–Crippen MR) is 67.5 cm³/mol. The fourth-order valence-electron chi connectivity index (χ4n) is 1.49. The quantitative estimate of drug-likeness (QED) is 0.846. The van der Waals surface area contributed by atoms with Crippen LogP contribution < -0.4 is 0 Å². The molecule has 2 unspecified atom stereocenters. The van der Waals surface area contributed by atoms with Gasteiger partial charge < -0.3 is 0 Å². The van der Waals surface area contributed by atoms with E-state index in [0.29, 0.717) is 11.4 Å². The van der Waals surface area contributed by atoms with Crippen LogP contribution in [0.25, 0.3) is 0 Å². The average molecular weight is 272 g/mol. The van der Waals surface area contributed by atoms with Crippen LogP contribution in [0.5, 0.6) is 0 Å². The molecule has 0 spiro atoms. The lowest BCUT2D eigenvalue weighted by molar-refractivity contribution is 0.533. The van der Waals surface area contributed by atoms with E-state index in [1.165, 1.54) is 24.3 Å². The SMILES string of the molecule is CCC(C)C(C#N)S(=O)(=O)c1ccc(Cl)cc1. The van der Waals surface area contributed by atoms with Gasteiger partial charge in [0.15, 0.2) is 15.1 Å². The van der Waals surface area contributed by atoms with E-state index in [1.807, 2.05) is 13.0 Å². The van der Waals surface area contributed by atoms with E-state index in [4.69, 9.17) is 16.9 Å². The zero-order chi connectivity index (χ0) is 13.1. The fraction of sp³-hybridized carbons (Fsp3) is 0.417. The van der Waals surface area contributed by atoms with Gasteiger partial charge in [-0.05, 0) is 30.2 Å². The van der Waals surface area contributed by atoms with Gasteiger partial charge in [0.2, 0.25) is 0 Å². The van der Waals surface area contributed by atoms with E-state index in [-0.39, 0.29) is 10.8 Å². The van der Waals surface area contributed by atoms with Crippen molar-refractivity contribution in [2.45, 2.75) is 30.4 Å². The van der Waals surface area contributed by atoms with Crippen LogP contribution in [0.2, 0.25) is 5.02 Å². The first-order valence-corrected chi connectivity index (χ1v) is 7.25. The van der Waals surface area contributed by atoms with Gasteiger partial charge in [-0.1, -0.05) is 31.9 Å². The standard InChI is InChI=1S/C12H14ClNO2S/c1-3-9(2)12(8-14)17(15,16)11-6-4-10(13)5-7-11/h4-7,9,12H,3H2,1-2H3. The van der Waals surface area contributed by atoms with Gasteiger partial charge in [0.05, 0.1) is 11.0 Å². The van der Waals surface area contributed by atoms with Crippen LogP contribution in [-0.4, -0.2) is 13.7 Å². The first kappa shape index (κ1) is 14.0. The Bertz CT molecular complexity index is 516. The van der Waals surface area contributed by atoms with Crippen LogP contribution in [0, 0.1) is 17.2 Å². The van der Waals surface area contributed by atoms with Gasteiger partial charge in [0, 0.05) is 5.02 Å². The summed E-state index contributed by atoms with van der Waals surface area (Å²) >= 11 is 5.71. The van der Waals surface area contributed by atoms with E-state index < -0.39 is 15.1 Å². The lowest BCUT2D eigenvalue weighted by Crippen LogP contribution is -2.26. The monoisotopic (exact) mass is 271 g/mol. The van der Waals surface area contributed by atoms with Gasteiger partial charge in [0.25, 0.3) is 0 Å². The molecule has 1 rings (SSSR count). The molecule has 0 aromatic heterocycles. The minimum absolute atomic E-state index is 0.147. The second-order valence-corrected chi connectivity index (χ2v) is 6.44. The van der Waals surface area contributed by atoms with Crippen molar-refractivity contribution < 1.29 is 8.42 Å². The van der Waals surface area contributed by atoms with Crippen molar-refractivity contribution in [1.29, 1.82) is 5.26 Å². The Kier molecular flexibility index (Phi) is 4.55. The molecule has 0 saturated carbocycles. The number of nitriles is 1. The van der Waals surface area contributed by atoms with E-state index >= 15 is 0 Å². The molecule has 3 nitrogen and oxygen atoms in total. The smallest absolute Gasteiger partial charge is 0.194 e. The normalized spacial score (nSPS) is 14.9. The maximum Gasteiger partial charge on any atom is 0.194 e. The number of nitrogens with zero attached hydrogens (tertiary/aromatic N) is 1. The minimum Gasteiger partial charge on any atom is -0.222 e. The number of rotatable bonds is 4. The zero-order valence-corrected chi connectivity index (χ0v) is 11.3. The Morgan fingerprint density at radius 3 is 2.29 bits per heavy atom. The molecule has 0 fully saturated rings. The summed E-state index contributed by atoms with van der Waals surface area (Å²) in [6, 6.07) is 7.78. The molecule has 2 atom stereocenters. The van der Waals surface area contributed by atoms with E-state index in [1.54, 1.807) is 6.92 Å². The number of sulfone groups is 1. The summed E-state index contributed by atoms with van der Waals surface area (Å²) in [6.45, 7) is 3.63. The van der Waals surface area contributed by atoms with Crippen LogP contribution in [0.1, 0.15) is 20.3 Å². The number of halogens is 1. The molecule has 0 radical (unpaired) electrons. The summed E-state index contributed by atoms with van der Waals surface area (Å²) in [5, 5.41) is 8.49. The van der Waals surface area contributed by atoms with Crippen LogP contribution in [-0.2, 0) is 9.84 Å². The third kappa shape index (κ3) is 2.99. The van der Waals surface area contributed by atoms with Gasteiger partial charge in [-0.15, -0.1) is 0 Å². The lowest BCUT2D eigenvalue weighted by atomic mass is 10.1. The molecule has 0 aliphatic rings. The van der Waals surface area contributed by atoms with Gasteiger partial charge >= 0.3 is 0 Å². The molecule has 1 aromatic carbocycles. The first-order chi connectivity index (χ1) is 7.93. The van der Waals surface area contributed by atoms with Crippen molar-refractivity contribution in [2.75, 3.05) is 0 Å². The summed E-state index contributed by atoms with van der Waals surface area (Å²) in [5.41, 5.74) is 0. The molecule has 0 aliphatic carbocycles. The molecule has 92 valence electrons. The van der Waals surface area contributed by atoms with E-state index in [9.17, 15) is 8.42 Å². The van der Waals surface area contributed by atoms with Crippen LogP contribution in [0.4, 0.5) is 0 Å². The highest BCUT2D eigenvalue weighted by Crippen LogP contribution is 2.24. The molecule has 17 heavy (non-hydrogen) atoms. The molecular formula is C12H14ClNO2S. The van der Waals surface area contributed by atoms with Crippen molar-refractivity contribution >= 4 is 21.4 Å². The van der Waals surface area contributed by atoms with Crippen LogP contribution in [0.3, 0.4) is 0 Å². The maximum atomic E-state index is 12.2. The third-order valence-electron chi connectivity index (χ3n) is 2.76. The Hall–Kier alpha value is -1.05. The second-order valence-electron chi connectivity index (χ2n) is 3.93. The topological polar surface area (TPSA) is 57.9 Å². The van der Waals surface area contributed by atoms with Crippen molar-refractivity contribution in [2.24, 2.45) is 5.92 Å². The Morgan fingerprint density at radius 1 is 1.35 bits per heavy atom. The second kappa shape index (κ2) is 5.52. The average Bonchev–Trinajstić information content (AvgIpc) is 2.29. The van der Waals surface area contributed by atoms with Crippen molar-refractivity contribution in [3.63, 3.8) is 0 Å². The number of hydrogen-bond donors (Lipinski definition) is 0. The van der Waals surface area contributed by atoms with Gasteiger partial charge in [-0.3, -0.25) is 0 Å². The van der Waals surface area contributed by atoms with E-state index in [0.717, 1.165) is 0 Å². The van der Waals surface area contributed by atoms with Gasteiger partial charge in [-0.25, -0.2) is 8.42 Å². The number of benzene rings is 1. The molecule has 0 saturated heterocycles. The highest BCUT2D eigenvalue weighted by atomic mass is 35.5. The van der Waals surface area contributed by atoms with E-state index in [2.05, 4.69) is 0 Å². The molecule has 0 N–H and O–H groups in total. The third-order valence-corrected chi connectivity index (χ3v) is 5.18. The first-order valence-electron chi connectivity index (χ1n) is 5.32. The molecule has 0 aliphatic heterocycles. The van der Waals surface area contributed by atoms with Crippen LogP contribution >= 0.6 is 11.6 Å². The van der Waals surface area contributed by atoms with Gasteiger partial charge in [-0.2, -0.15) is 5.26 Å². The molecule has 1 aromatic rings. The van der Waals surface area contributed by atoms with Crippen molar-refractivity contribution in [3.05, 3.63) is 29.3 Å². The summed E-state index contributed by atoms with van der Waals surface area (Å²) in [6.07, 6.45) is 0.644. The fourth-order valence-corrected chi connectivity index (χ4v) is 3.36. The Labute approximate surface area is 107 Å². The molecule has 0 amide bonds. The highest BCUT2D eigenvalue weighted by Gasteiger charge is 2.31. The molecular weight excluding hydrogens is 258 g/mol. The predicted octanol–water partition coefficient (Wildman–Crippen LogP) is 3.05.